The second-order valence-corrected chi connectivity index (χ2v) is 8.03. The van der Waals surface area contributed by atoms with Gasteiger partial charge in [0, 0.05) is 23.1 Å². The van der Waals surface area contributed by atoms with Gasteiger partial charge >= 0.3 is 0 Å². The summed E-state index contributed by atoms with van der Waals surface area (Å²) >= 11 is 12.1. The molecule has 1 unspecified atom stereocenters. The third-order valence-electron chi connectivity index (χ3n) is 3.21. The van der Waals surface area contributed by atoms with Gasteiger partial charge in [-0.1, -0.05) is 29.3 Å². The van der Waals surface area contributed by atoms with Crippen molar-refractivity contribution >= 4 is 63.2 Å². The molecule has 1 atom stereocenters. The zero-order valence-corrected chi connectivity index (χ0v) is 19.1. The van der Waals surface area contributed by atoms with Crippen molar-refractivity contribution in [3.05, 3.63) is 33.8 Å². The topological polar surface area (TPSA) is 82.6 Å². The van der Waals surface area contributed by atoms with E-state index in [1.165, 1.54) is 0 Å². The van der Waals surface area contributed by atoms with E-state index in [1.807, 2.05) is 19.9 Å². The molecule has 6 nitrogen and oxygen atoms in total. The highest BCUT2D eigenvalue weighted by Gasteiger charge is 2.12. The number of halogens is 3. The second-order valence-electron chi connectivity index (χ2n) is 5.09. The molecule has 0 aromatic heterocycles. The largest absolute Gasteiger partial charge is 0.357 e. The molecule has 3 N–H and O–H groups in total. The Morgan fingerprint density at radius 2 is 1.96 bits per heavy atom. The molecule has 0 saturated carbocycles. The van der Waals surface area contributed by atoms with E-state index >= 15 is 0 Å². The molecule has 0 spiro atoms. The molecule has 0 radical (unpaired) electrons. The van der Waals surface area contributed by atoms with E-state index in [0.29, 0.717) is 29.1 Å². The summed E-state index contributed by atoms with van der Waals surface area (Å²) in [6.45, 7) is 6.78. The molecule has 0 aliphatic rings. The highest BCUT2D eigenvalue weighted by atomic mass is 127. The quantitative estimate of drug-likeness (QED) is 0.212. The van der Waals surface area contributed by atoms with Crippen molar-refractivity contribution in [1.82, 2.24) is 15.4 Å². The minimum atomic E-state index is -3.20. The Morgan fingerprint density at radius 3 is 2.52 bits per heavy atom. The average molecular weight is 523 g/mol. The Morgan fingerprint density at radius 1 is 1.28 bits per heavy atom. The van der Waals surface area contributed by atoms with Crippen LogP contribution in [-0.4, -0.2) is 39.8 Å². The van der Waals surface area contributed by atoms with Gasteiger partial charge in [-0.2, -0.15) is 0 Å². The van der Waals surface area contributed by atoms with Crippen LogP contribution in [0.4, 0.5) is 0 Å². The summed E-state index contributed by atoms with van der Waals surface area (Å²) in [5.41, 5.74) is 0.901. The lowest BCUT2D eigenvalue weighted by atomic mass is 10.1. The standard InChI is InChI=1S/C15H24Cl2N4O2S.HI/c1-4-18-15(19-8-9-20-24(22,23)5-2)21-11(3)13-7-6-12(16)10-14(13)17;/h6-7,10-11,20H,4-5,8-9H2,1-3H3,(H2,18,19,21);1H. The van der Waals surface area contributed by atoms with Crippen LogP contribution in [-0.2, 0) is 10.0 Å². The molecule has 25 heavy (non-hydrogen) atoms. The molecule has 1 rings (SSSR count). The van der Waals surface area contributed by atoms with E-state index in [2.05, 4.69) is 20.3 Å². The van der Waals surface area contributed by atoms with Crippen LogP contribution in [0, 0.1) is 0 Å². The molecule has 0 heterocycles. The van der Waals surface area contributed by atoms with Crippen molar-refractivity contribution in [3.63, 3.8) is 0 Å². The predicted octanol–water partition coefficient (Wildman–Crippen LogP) is 3.17. The fraction of sp³-hybridized carbons (Fsp3) is 0.533. The van der Waals surface area contributed by atoms with Gasteiger partial charge in [-0.15, -0.1) is 24.0 Å². The summed E-state index contributed by atoms with van der Waals surface area (Å²) in [5.74, 6) is 0.646. The fourth-order valence-electron chi connectivity index (χ4n) is 1.93. The number of aliphatic imine (C=N–C) groups is 1. The van der Waals surface area contributed by atoms with Crippen molar-refractivity contribution in [2.45, 2.75) is 26.8 Å². The van der Waals surface area contributed by atoms with Crippen molar-refractivity contribution in [3.8, 4) is 0 Å². The number of benzene rings is 1. The van der Waals surface area contributed by atoms with Crippen LogP contribution in [0.3, 0.4) is 0 Å². The molecule has 1 aromatic carbocycles. The molecular formula is C15H25Cl2IN4O2S. The number of sulfonamides is 1. The minimum Gasteiger partial charge on any atom is -0.357 e. The van der Waals surface area contributed by atoms with Gasteiger partial charge in [-0.3, -0.25) is 4.99 Å². The minimum absolute atomic E-state index is 0. The molecule has 1 aromatic rings. The normalized spacial score (nSPS) is 13.1. The number of nitrogens with one attached hydrogen (secondary N) is 3. The van der Waals surface area contributed by atoms with Gasteiger partial charge in [0.1, 0.15) is 0 Å². The predicted molar refractivity (Wildman–Crippen MR) is 117 cm³/mol. The van der Waals surface area contributed by atoms with Gasteiger partial charge < -0.3 is 10.6 Å². The maximum atomic E-state index is 11.4. The zero-order chi connectivity index (χ0) is 18.2. The number of nitrogens with zero attached hydrogens (tertiary/aromatic N) is 1. The first-order chi connectivity index (χ1) is 11.3. The summed E-state index contributed by atoms with van der Waals surface area (Å²) in [7, 11) is -3.20. The van der Waals surface area contributed by atoms with E-state index in [4.69, 9.17) is 23.2 Å². The Kier molecular flexibility index (Phi) is 12.0. The molecule has 0 aliphatic heterocycles. The Labute approximate surface area is 177 Å². The van der Waals surface area contributed by atoms with E-state index < -0.39 is 10.0 Å². The molecule has 0 bridgehead atoms. The van der Waals surface area contributed by atoms with Crippen LogP contribution in [0.15, 0.2) is 23.2 Å². The smallest absolute Gasteiger partial charge is 0.211 e. The van der Waals surface area contributed by atoms with Crippen molar-refractivity contribution in [2.24, 2.45) is 4.99 Å². The number of hydrogen-bond donors (Lipinski definition) is 3. The third kappa shape index (κ3) is 9.28. The Balaban J connectivity index is 0.00000576. The van der Waals surface area contributed by atoms with E-state index in [-0.39, 0.29) is 42.3 Å². The highest BCUT2D eigenvalue weighted by Crippen LogP contribution is 2.25. The number of guanidine groups is 1. The van der Waals surface area contributed by atoms with E-state index in [9.17, 15) is 8.42 Å². The third-order valence-corrected chi connectivity index (χ3v) is 5.18. The number of rotatable bonds is 8. The maximum absolute atomic E-state index is 11.4. The first-order valence-electron chi connectivity index (χ1n) is 7.76. The number of hydrogen-bond acceptors (Lipinski definition) is 3. The van der Waals surface area contributed by atoms with Crippen molar-refractivity contribution < 1.29 is 8.42 Å². The fourth-order valence-corrected chi connectivity index (χ4v) is 3.11. The van der Waals surface area contributed by atoms with Crippen LogP contribution < -0.4 is 15.4 Å². The van der Waals surface area contributed by atoms with Gasteiger partial charge in [0.2, 0.25) is 10.0 Å². The van der Waals surface area contributed by atoms with Gasteiger partial charge in [0.05, 0.1) is 18.3 Å². The second kappa shape index (κ2) is 12.2. The first-order valence-corrected chi connectivity index (χ1v) is 10.2. The molecule has 0 aliphatic carbocycles. The monoisotopic (exact) mass is 522 g/mol. The van der Waals surface area contributed by atoms with Crippen molar-refractivity contribution in [1.29, 1.82) is 0 Å². The van der Waals surface area contributed by atoms with Crippen LogP contribution in [0.2, 0.25) is 10.0 Å². The molecule has 144 valence electrons. The summed E-state index contributed by atoms with van der Waals surface area (Å²) in [5, 5.41) is 7.52. The lowest BCUT2D eigenvalue weighted by molar-refractivity contribution is 0.583. The van der Waals surface area contributed by atoms with Gasteiger partial charge in [-0.25, -0.2) is 13.1 Å². The van der Waals surface area contributed by atoms with E-state index in [1.54, 1.807) is 19.1 Å². The summed E-state index contributed by atoms with van der Waals surface area (Å²) < 4.78 is 25.2. The molecule has 10 heteroatoms. The summed E-state index contributed by atoms with van der Waals surface area (Å²) in [6.07, 6.45) is 0. The van der Waals surface area contributed by atoms with Gasteiger partial charge in [-0.05, 0) is 38.5 Å². The lowest BCUT2D eigenvalue weighted by Crippen LogP contribution is -2.39. The molecule has 0 fully saturated rings. The lowest BCUT2D eigenvalue weighted by Gasteiger charge is -2.19. The molecule has 0 amide bonds. The summed E-state index contributed by atoms with van der Waals surface area (Å²) in [4.78, 5) is 4.36. The van der Waals surface area contributed by atoms with Crippen LogP contribution in [0.1, 0.15) is 32.4 Å². The van der Waals surface area contributed by atoms with Crippen LogP contribution in [0.5, 0.6) is 0 Å². The van der Waals surface area contributed by atoms with Gasteiger partial charge in [0.25, 0.3) is 0 Å². The van der Waals surface area contributed by atoms with Crippen LogP contribution >= 0.6 is 47.2 Å². The van der Waals surface area contributed by atoms with Gasteiger partial charge in [0.15, 0.2) is 5.96 Å². The Hall–Kier alpha value is -0.290. The zero-order valence-electron chi connectivity index (χ0n) is 14.5. The average Bonchev–Trinajstić information content (AvgIpc) is 2.51. The Bertz CT molecular complexity index is 671. The highest BCUT2D eigenvalue weighted by molar-refractivity contribution is 14.0. The maximum Gasteiger partial charge on any atom is 0.211 e. The SMILES string of the molecule is CCNC(=NCCNS(=O)(=O)CC)NC(C)c1ccc(Cl)cc1Cl.I. The van der Waals surface area contributed by atoms with E-state index in [0.717, 1.165) is 5.56 Å². The molecular weight excluding hydrogens is 498 g/mol. The molecule has 0 saturated heterocycles. The van der Waals surface area contributed by atoms with Crippen LogP contribution in [0.25, 0.3) is 0 Å². The summed E-state index contributed by atoms with van der Waals surface area (Å²) in [6, 6.07) is 5.26. The van der Waals surface area contributed by atoms with Crippen molar-refractivity contribution in [2.75, 3.05) is 25.4 Å². The first kappa shape index (κ1) is 24.7.